The van der Waals surface area contributed by atoms with Crippen LogP contribution in [-0.2, 0) is 6.54 Å². The molecule has 0 aromatic carbocycles. The van der Waals surface area contributed by atoms with Crippen LogP contribution in [0, 0.1) is 5.41 Å². The Hall–Kier alpha value is -0.970. The Morgan fingerprint density at radius 2 is 2.27 bits per heavy atom. The summed E-state index contributed by atoms with van der Waals surface area (Å²) >= 11 is 0. The lowest BCUT2D eigenvalue weighted by molar-refractivity contribution is 0.128. The molecule has 1 unspecified atom stereocenters. The molecule has 0 bridgehead atoms. The second-order valence-corrected chi connectivity index (χ2v) is 4.99. The Morgan fingerprint density at radius 3 is 2.93 bits per heavy atom. The lowest BCUT2D eigenvalue weighted by Gasteiger charge is -2.38. The average Bonchev–Trinajstić information content (AvgIpc) is 2.64. The molecule has 2 N–H and O–H groups in total. The van der Waals surface area contributed by atoms with Gasteiger partial charge in [-0.25, -0.2) is 4.68 Å². The highest BCUT2D eigenvalue weighted by atomic mass is 15.6. The molecule has 2 rings (SSSR count). The van der Waals surface area contributed by atoms with Crippen molar-refractivity contribution in [2.75, 3.05) is 0 Å². The van der Waals surface area contributed by atoms with Crippen LogP contribution in [0.25, 0.3) is 0 Å². The molecule has 0 amide bonds. The van der Waals surface area contributed by atoms with E-state index in [2.05, 4.69) is 29.4 Å². The van der Waals surface area contributed by atoms with Crippen LogP contribution in [0.15, 0.2) is 0 Å². The van der Waals surface area contributed by atoms with Gasteiger partial charge in [-0.3, -0.25) is 0 Å². The van der Waals surface area contributed by atoms with E-state index >= 15 is 0 Å². The predicted molar refractivity (Wildman–Crippen MR) is 57.0 cm³/mol. The Balaban J connectivity index is 2.28. The van der Waals surface area contributed by atoms with E-state index < -0.39 is 0 Å². The van der Waals surface area contributed by atoms with Crippen LogP contribution >= 0.6 is 0 Å². The van der Waals surface area contributed by atoms with Crippen LogP contribution < -0.4 is 5.73 Å². The molecule has 1 heterocycles. The monoisotopic (exact) mass is 209 g/mol. The molecule has 1 aromatic rings. The van der Waals surface area contributed by atoms with Crippen LogP contribution in [0.1, 0.15) is 51.4 Å². The second kappa shape index (κ2) is 3.89. The van der Waals surface area contributed by atoms with Crippen molar-refractivity contribution in [3.05, 3.63) is 5.82 Å². The Morgan fingerprint density at radius 1 is 1.47 bits per heavy atom. The molecular weight excluding hydrogens is 190 g/mol. The van der Waals surface area contributed by atoms with Gasteiger partial charge in [0, 0.05) is 0 Å². The van der Waals surface area contributed by atoms with Gasteiger partial charge in [-0.1, -0.05) is 26.7 Å². The number of nitrogens with zero attached hydrogens (tertiary/aromatic N) is 4. The van der Waals surface area contributed by atoms with Crippen LogP contribution in [0.5, 0.6) is 0 Å². The largest absolute Gasteiger partial charge is 0.324 e. The zero-order chi connectivity index (χ0) is 10.9. The smallest absolute Gasteiger partial charge is 0.165 e. The van der Waals surface area contributed by atoms with E-state index in [9.17, 15) is 0 Å². The third-order valence-electron chi connectivity index (χ3n) is 3.49. The molecule has 0 radical (unpaired) electrons. The van der Waals surface area contributed by atoms with E-state index in [1.807, 2.05) is 4.68 Å². The molecule has 5 heteroatoms. The van der Waals surface area contributed by atoms with Crippen LogP contribution in [0.3, 0.4) is 0 Å². The van der Waals surface area contributed by atoms with Gasteiger partial charge < -0.3 is 5.73 Å². The van der Waals surface area contributed by atoms with E-state index in [1.165, 1.54) is 19.3 Å². The van der Waals surface area contributed by atoms with E-state index in [0.29, 0.717) is 12.6 Å². The summed E-state index contributed by atoms with van der Waals surface area (Å²) in [5.41, 5.74) is 5.90. The van der Waals surface area contributed by atoms with Crippen LogP contribution in [0.4, 0.5) is 0 Å². The average molecular weight is 209 g/mol. The summed E-state index contributed by atoms with van der Waals surface area (Å²) in [7, 11) is 0. The van der Waals surface area contributed by atoms with Gasteiger partial charge in [0.2, 0.25) is 0 Å². The third-order valence-corrected chi connectivity index (χ3v) is 3.49. The van der Waals surface area contributed by atoms with E-state index in [0.717, 1.165) is 12.2 Å². The molecule has 1 atom stereocenters. The SMILES string of the molecule is CC1(C)CCCCC1n1nnnc1CN. The standard InChI is InChI=1S/C10H19N5/c1-10(2)6-4-3-5-8(10)15-9(7-11)12-13-14-15/h8H,3-7,11H2,1-2H3. The highest BCUT2D eigenvalue weighted by molar-refractivity contribution is 4.91. The fourth-order valence-corrected chi connectivity index (χ4v) is 2.52. The number of aromatic nitrogens is 4. The number of tetrazole rings is 1. The van der Waals surface area contributed by atoms with E-state index in [1.54, 1.807) is 0 Å². The van der Waals surface area contributed by atoms with Crippen molar-refractivity contribution in [1.82, 2.24) is 20.2 Å². The first kappa shape index (κ1) is 10.5. The molecule has 1 aliphatic rings. The molecule has 15 heavy (non-hydrogen) atoms. The number of hydrogen-bond donors (Lipinski definition) is 1. The molecule has 0 saturated heterocycles. The molecule has 1 aromatic heterocycles. The lowest BCUT2D eigenvalue weighted by Crippen LogP contribution is -2.32. The quantitative estimate of drug-likeness (QED) is 0.796. The number of nitrogens with two attached hydrogens (primary N) is 1. The molecule has 5 nitrogen and oxygen atoms in total. The second-order valence-electron chi connectivity index (χ2n) is 4.99. The van der Waals surface area contributed by atoms with Crippen molar-refractivity contribution in [3.63, 3.8) is 0 Å². The van der Waals surface area contributed by atoms with Gasteiger partial charge in [-0.15, -0.1) is 5.10 Å². The molecule has 1 saturated carbocycles. The van der Waals surface area contributed by atoms with Gasteiger partial charge in [0.25, 0.3) is 0 Å². The zero-order valence-corrected chi connectivity index (χ0v) is 9.48. The van der Waals surface area contributed by atoms with Crippen molar-refractivity contribution in [1.29, 1.82) is 0 Å². The zero-order valence-electron chi connectivity index (χ0n) is 9.48. The molecule has 1 aliphatic carbocycles. The molecule has 0 spiro atoms. The summed E-state index contributed by atoms with van der Waals surface area (Å²) in [6.45, 7) is 5.00. The van der Waals surface area contributed by atoms with Gasteiger partial charge in [0.15, 0.2) is 5.82 Å². The maximum absolute atomic E-state index is 5.63. The van der Waals surface area contributed by atoms with Crippen molar-refractivity contribution in [2.45, 2.75) is 52.1 Å². The molecule has 1 fully saturated rings. The minimum absolute atomic E-state index is 0.275. The van der Waals surface area contributed by atoms with Gasteiger partial charge in [0.1, 0.15) is 0 Å². The fourth-order valence-electron chi connectivity index (χ4n) is 2.52. The summed E-state index contributed by atoms with van der Waals surface area (Å²) in [4.78, 5) is 0. The topological polar surface area (TPSA) is 69.6 Å². The minimum atomic E-state index is 0.275. The third kappa shape index (κ3) is 1.88. The summed E-state index contributed by atoms with van der Waals surface area (Å²) < 4.78 is 1.93. The van der Waals surface area contributed by atoms with Gasteiger partial charge in [0.05, 0.1) is 12.6 Å². The first-order chi connectivity index (χ1) is 7.15. The predicted octanol–water partition coefficient (Wildman–Crippen LogP) is 1.27. The normalized spacial score (nSPS) is 25.4. The Labute approximate surface area is 90.0 Å². The van der Waals surface area contributed by atoms with Gasteiger partial charge in [-0.2, -0.15) is 0 Å². The summed E-state index contributed by atoms with van der Waals surface area (Å²) in [5, 5.41) is 11.8. The van der Waals surface area contributed by atoms with Crippen molar-refractivity contribution in [2.24, 2.45) is 11.1 Å². The molecule has 0 aliphatic heterocycles. The fraction of sp³-hybridized carbons (Fsp3) is 0.900. The van der Waals surface area contributed by atoms with Crippen LogP contribution in [0.2, 0.25) is 0 Å². The first-order valence-electron chi connectivity index (χ1n) is 5.62. The summed E-state index contributed by atoms with van der Waals surface area (Å²) in [5.74, 6) is 0.801. The number of rotatable bonds is 2. The highest BCUT2D eigenvalue weighted by Gasteiger charge is 2.35. The van der Waals surface area contributed by atoms with Crippen molar-refractivity contribution in [3.8, 4) is 0 Å². The molecular formula is C10H19N5. The first-order valence-corrected chi connectivity index (χ1v) is 5.62. The van der Waals surface area contributed by atoms with Crippen molar-refractivity contribution >= 4 is 0 Å². The van der Waals surface area contributed by atoms with Crippen molar-refractivity contribution < 1.29 is 0 Å². The summed E-state index contributed by atoms with van der Waals surface area (Å²) in [6.07, 6.45) is 4.97. The Bertz CT molecular complexity index is 330. The van der Waals surface area contributed by atoms with Gasteiger partial charge >= 0.3 is 0 Å². The maximum Gasteiger partial charge on any atom is 0.165 e. The maximum atomic E-state index is 5.63. The minimum Gasteiger partial charge on any atom is -0.324 e. The Kier molecular flexibility index (Phi) is 2.73. The van der Waals surface area contributed by atoms with Gasteiger partial charge in [-0.05, 0) is 28.7 Å². The van der Waals surface area contributed by atoms with Crippen LogP contribution in [-0.4, -0.2) is 20.2 Å². The number of hydrogen-bond acceptors (Lipinski definition) is 4. The highest BCUT2D eigenvalue weighted by Crippen LogP contribution is 2.43. The van der Waals surface area contributed by atoms with E-state index in [4.69, 9.17) is 5.73 Å². The summed E-state index contributed by atoms with van der Waals surface area (Å²) in [6, 6.07) is 0.403. The molecule has 84 valence electrons. The van der Waals surface area contributed by atoms with E-state index in [-0.39, 0.29) is 5.41 Å². The lowest BCUT2D eigenvalue weighted by atomic mass is 9.73.